The first kappa shape index (κ1) is 29.3. The number of nitrogens with one attached hydrogen (secondary N) is 1. The molecule has 0 bridgehead atoms. The summed E-state index contributed by atoms with van der Waals surface area (Å²) in [5.41, 5.74) is 8.15. The average molecular weight is 566 g/mol. The second-order valence-electron chi connectivity index (χ2n) is 11.4. The first-order chi connectivity index (χ1) is 18.8. The van der Waals surface area contributed by atoms with E-state index in [9.17, 15) is 13.2 Å². The summed E-state index contributed by atoms with van der Waals surface area (Å²) in [6.45, 7) is 13.9. The number of carbonyl (C=O) groups excluding carboxylic acids is 1. The topological polar surface area (TPSA) is 128 Å². The molecule has 0 radical (unpaired) electrons. The average Bonchev–Trinajstić information content (AvgIpc) is 3.20. The number of nitrogen functional groups attached to an aromatic ring is 1. The minimum Gasteiger partial charge on any atom is -0.493 e. The molecule has 1 aromatic carbocycles. The Bertz CT molecular complexity index is 1510. The third-order valence-corrected chi connectivity index (χ3v) is 8.48. The van der Waals surface area contributed by atoms with E-state index in [0.717, 1.165) is 29.7 Å². The van der Waals surface area contributed by atoms with Gasteiger partial charge in [-0.1, -0.05) is 33.8 Å². The predicted molar refractivity (Wildman–Crippen MR) is 158 cm³/mol. The number of rotatable bonds is 9. The third kappa shape index (κ3) is 6.38. The van der Waals surface area contributed by atoms with Crippen molar-refractivity contribution in [2.75, 3.05) is 23.8 Å². The minimum absolute atomic E-state index is 0.0432. The minimum atomic E-state index is -4.26. The van der Waals surface area contributed by atoms with E-state index in [1.165, 1.54) is 18.2 Å². The Labute approximate surface area is 237 Å². The zero-order chi connectivity index (χ0) is 29.2. The van der Waals surface area contributed by atoms with Crippen molar-refractivity contribution in [3.63, 3.8) is 0 Å². The number of sulfonamides is 1. The first-order valence-corrected chi connectivity index (χ1v) is 15.1. The fraction of sp³-hybridized carbons (Fsp3) is 0.433. The van der Waals surface area contributed by atoms with Gasteiger partial charge in [0.2, 0.25) is 0 Å². The second-order valence-corrected chi connectivity index (χ2v) is 13.0. The molecule has 2 atom stereocenters. The number of nitrogens with zero attached hydrogens (tertiary/aromatic N) is 3. The van der Waals surface area contributed by atoms with Crippen LogP contribution in [0.1, 0.15) is 63.4 Å². The summed E-state index contributed by atoms with van der Waals surface area (Å²) in [6, 6.07) is 13.6. The lowest BCUT2D eigenvalue weighted by Gasteiger charge is -2.36. The van der Waals surface area contributed by atoms with Gasteiger partial charge in [0.15, 0.2) is 5.03 Å². The lowest BCUT2D eigenvalue weighted by Crippen LogP contribution is -2.43. The zero-order valence-electron chi connectivity index (χ0n) is 24.1. The molecule has 3 N–H and O–H groups in total. The smallest absolute Gasteiger partial charge is 0.281 e. The molecular formula is C30H39N5O4S. The molecule has 1 aliphatic heterocycles. The molecule has 1 fully saturated rings. The monoisotopic (exact) mass is 565 g/mol. The van der Waals surface area contributed by atoms with E-state index in [-0.39, 0.29) is 21.9 Å². The van der Waals surface area contributed by atoms with Gasteiger partial charge in [0.05, 0.1) is 17.9 Å². The van der Waals surface area contributed by atoms with Gasteiger partial charge in [-0.25, -0.2) is 14.7 Å². The zero-order valence-corrected chi connectivity index (χ0v) is 24.9. The van der Waals surface area contributed by atoms with Crippen molar-refractivity contribution in [3.05, 3.63) is 59.7 Å². The van der Waals surface area contributed by atoms with Crippen LogP contribution in [-0.2, 0) is 10.0 Å². The van der Waals surface area contributed by atoms with Crippen LogP contribution in [0.3, 0.4) is 0 Å². The van der Waals surface area contributed by atoms with Crippen LogP contribution in [0.25, 0.3) is 11.3 Å². The van der Waals surface area contributed by atoms with Crippen LogP contribution in [-0.4, -0.2) is 43.0 Å². The van der Waals surface area contributed by atoms with E-state index in [4.69, 9.17) is 15.5 Å². The Balaban J connectivity index is 1.79. The Hall–Kier alpha value is -3.66. The van der Waals surface area contributed by atoms with Gasteiger partial charge in [-0.15, -0.1) is 0 Å². The van der Waals surface area contributed by atoms with Crippen LogP contribution in [0.4, 0.5) is 11.6 Å². The van der Waals surface area contributed by atoms with Crippen LogP contribution in [0.2, 0.25) is 0 Å². The highest BCUT2D eigenvalue weighted by Gasteiger charge is 2.41. The summed E-state index contributed by atoms with van der Waals surface area (Å²) < 4.78 is 34.2. The van der Waals surface area contributed by atoms with E-state index >= 15 is 0 Å². The second kappa shape index (κ2) is 11.4. The highest BCUT2D eigenvalue weighted by atomic mass is 32.2. The molecule has 9 nitrogen and oxygen atoms in total. The molecule has 214 valence electrons. The van der Waals surface area contributed by atoms with Crippen LogP contribution in [0.15, 0.2) is 53.6 Å². The van der Waals surface area contributed by atoms with Gasteiger partial charge in [0, 0.05) is 17.6 Å². The maximum Gasteiger partial charge on any atom is 0.281 e. The number of aromatic nitrogens is 2. The molecule has 3 heterocycles. The number of hydrogen-bond donors (Lipinski definition) is 2. The lowest BCUT2D eigenvalue weighted by atomic mass is 9.92. The number of ether oxygens (including phenoxy) is 1. The molecule has 4 rings (SSSR count). The number of pyridine rings is 2. The van der Waals surface area contributed by atoms with Crippen molar-refractivity contribution in [3.8, 4) is 17.0 Å². The summed E-state index contributed by atoms with van der Waals surface area (Å²) in [5, 5.41) is -0.325. The summed E-state index contributed by atoms with van der Waals surface area (Å²) in [5.74, 6) is 1.23. The Morgan fingerprint density at radius 3 is 2.62 bits per heavy atom. The van der Waals surface area contributed by atoms with Gasteiger partial charge >= 0.3 is 0 Å². The van der Waals surface area contributed by atoms with Gasteiger partial charge in [-0.3, -0.25) is 4.79 Å². The normalized spacial score (nSPS) is 19.2. The highest BCUT2D eigenvalue weighted by Crippen LogP contribution is 2.40. The molecule has 0 spiro atoms. The van der Waals surface area contributed by atoms with E-state index < -0.39 is 15.9 Å². The number of carbonyl (C=O) groups is 1. The maximum absolute atomic E-state index is 13.5. The molecule has 1 aliphatic rings. The fourth-order valence-electron chi connectivity index (χ4n) is 5.18. The summed E-state index contributed by atoms with van der Waals surface area (Å²) in [4.78, 5) is 24.6. The summed E-state index contributed by atoms with van der Waals surface area (Å²) >= 11 is 0. The number of anilines is 2. The van der Waals surface area contributed by atoms with Crippen LogP contribution in [0, 0.1) is 18.8 Å². The van der Waals surface area contributed by atoms with Crippen molar-refractivity contribution >= 4 is 27.6 Å². The van der Waals surface area contributed by atoms with Gasteiger partial charge in [-0.05, 0) is 86.6 Å². The number of amides is 1. The molecule has 3 aromatic rings. The van der Waals surface area contributed by atoms with Gasteiger partial charge < -0.3 is 15.4 Å². The van der Waals surface area contributed by atoms with E-state index in [1.807, 2.05) is 25.1 Å². The Morgan fingerprint density at radius 2 is 1.95 bits per heavy atom. The van der Waals surface area contributed by atoms with Crippen LogP contribution >= 0.6 is 0 Å². The molecular weight excluding hydrogens is 526 g/mol. The van der Waals surface area contributed by atoms with Crippen molar-refractivity contribution in [2.45, 2.75) is 64.9 Å². The van der Waals surface area contributed by atoms with Crippen molar-refractivity contribution in [1.29, 1.82) is 0 Å². The number of benzene rings is 1. The third-order valence-electron chi connectivity index (χ3n) is 7.25. The maximum atomic E-state index is 13.5. The van der Waals surface area contributed by atoms with Crippen molar-refractivity contribution < 1.29 is 17.9 Å². The number of nitrogens with two attached hydrogens (primary N) is 1. The lowest BCUT2D eigenvalue weighted by molar-refractivity contribution is 0.0981. The SMILES string of the molecule is CCC1(C)CC(C)CN1c1nc(-c2cc(C)cc(OCC(C)C)c2)ccc1C(=O)NS(=O)(=O)c1cccc(N)n1. The summed E-state index contributed by atoms with van der Waals surface area (Å²) in [7, 11) is -4.26. The first-order valence-electron chi connectivity index (χ1n) is 13.6. The predicted octanol–water partition coefficient (Wildman–Crippen LogP) is 5.20. The molecule has 1 saturated heterocycles. The van der Waals surface area contributed by atoms with E-state index in [0.29, 0.717) is 36.5 Å². The van der Waals surface area contributed by atoms with Crippen molar-refractivity contribution in [1.82, 2.24) is 14.7 Å². The molecule has 1 amide bonds. The molecule has 2 aromatic heterocycles. The van der Waals surface area contributed by atoms with Crippen LogP contribution < -0.4 is 20.1 Å². The van der Waals surface area contributed by atoms with Gasteiger partial charge in [0.1, 0.15) is 17.4 Å². The Kier molecular flexibility index (Phi) is 8.39. The van der Waals surface area contributed by atoms with E-state index in [1.54, 1.807) is 12.1 Å². The molecule has 10 heteroatoms. The number of hydrogen-bond acceptors (Lipinski definition) is 8. The molecule has 0 saturated carbocycles. The Morgan fingerprint density at radius 1 is 1.20 bits per heavy atom. The van der Waals surface area contributed by atoms with Gasteiger partial charge in [-0.2, -0.15) is 8.42 Å². The number of aryl methyl sites for hydroxylation is 1. The quantitative estimate of drug-likeness (QED) is 0.362. The summed E-state index contributed by atoms with van der Waals surface area (Å²) in [6.07, 6.45) is 1.77. The molecule has 2 unspecified atom stereocenters. The van der Waals surface area contributed by atoms with Gasteiger partial charge in [0.25, 0.3) is 15.9 Å². The van der Waals surface area contributed by atoms with E-state index in [2.05, 4.69) is 49.2 Å². The van der Waals surface area contributed by atoms with Crippen LogP contribution in [0.5, 0.6) is 5.75 Å². The molecule has 40 heavy (non-hydrogen) atoms. The standard InChI is InChI=1S/C30H39N5O4S/c1-7-30(6)16-21(5)17-35(30)28-24(29(36)34-40(37,38)27-10-8-9-26(31)33-27)11-12-25(32-28)22-13-20(4)14-23(15-22)39-18-19(2)3/h8-15,19,21H,7,16-18H2,1-6H3,(H2,31,33)(H,34,36). The largest absolute Gasteiger partial charge is 0.493 e. The molecule has 0 aliphatic carbocycles. The van der Waals surface area contributed by atoms with Crippen molar-refractivity contribution in [2.24, 2.45) is 11.8 Å². The highest BCUT2D eigenvalue weighted by molar-refractivity contribution is 7.90. The fourth-order valence-corrected chi connectivity index (χ4v) is 6.12.